The predicted octanol–water partition coefficient (Wildman–Crippen LogP) is 1.38. The van der Waals surface area contributed by atoms with E-state index in [0.29, 0.717) is 5.56 Å². The first-order chi connectivity index (χ1) is 6.66. The molecule has 1 atom stereocenters. The molecule has 1 fully saturated rings. The molecule has 1 unspecified atom stereocenters. The third-order valence-electron chi connectivity index (χ3n) is 2.89. The van der Waals surface area contributed by atoms with Crippen molar-refractivity contribution in [1.82, 2.24) is 0 Å². The molecule has 0 radical (unpaired) electrons. The van der Waals surface area contributed by atoms with Gasteiger partial charge in [0.1, 0.15) is 11.4 Å². The molecule has 0 spiro atoms. The first-order valence-corrected chi connectivity index (χ1v) is 4.85. The van der Waals surface area contributed by atoms with Gasteiger partial charge in [0.2, 0.25) is 0 Å². The van der Waals surface area contributed by atoms with Crippen molar-refractivity contribution in [3.05, 3.63) is 35.6 Å². The third kappa shape index (κ3) is 1.53. The van der Waals surface area contributed by atoms with Gasteiger partial charge in [-0.3, -0.25) is 0 Å². The quantitative estimate of drug-likeness (QED) is 0.765. The number of halogens is 1. The Labute approximate surface area is 82.5 Å². The van der Waals surface area contributed by atoms with Gasteiger partial charge in [0, 0.05) is 6.54 Å². The number of benzene rings is 1. The van der Waals surface area contributed by atoms with Crippen molar-refractivity contribution in [2.24, 2.45) is 11.7 Å². The lowest BCUT2D eigenvalue weighted by molar-refractivity contribution is 0.0219. The van der Waals surface area contributed by atoms with Gasteiger partial charge in [-0.15, -0.1) is 0 Å². The van der Waals surface area contributed by atoms with Gasteiger partial charge in [-0.2, -0.15) is 0 Å². The zero-order valence-corrected chi connectivity index (χ0v) is 7.91. The molecular weight excluding hydrogens is 181 g/mol. The highest BCUT2D eigenvalue weighted by molar-refractivity contribution is 5.26. The Morgan fingerprint density at radius 3 is 2.71 bits per heavy atom. The number of rotatable bonds is 3. The van der Waals surface area contributed by atoms with Gasteiger partial charge in [-0.1, -0.05) is 12.1 Å². The molecule has 0 saturated heterocycles. The van der Waals surface area contributed by atoms with Crippen molar-refractivity contribution in [3.63, 3.8) is 0 Å². The molecule has 14 heavy (non-hydrogen) atoms. The maximum absolute atomic E-state index is 13.0. The Morgan fingerprint density at radius 1 is 1.50 bits per heavy atom. The Balaban J connectivity index is 2.35. The fourth-order valence-electron chi connectivity index (χ4n) is 1.84. The molecule has 76 valence electrons. The van der Waals surface area contributed by atoms with Gasteiger partial charge in [0.05, 0.1) is 0 Å². The van der Waals surface area contributed by atoms with Crippen LogP contribution in [0, 0.1) is 11.7 Å². The summed E-state index contributed by atoms with van der Waals surface area (Å²) in [5, 5.41) is 10.3. The van der Waals surface area contributed by atoms with Crippen LogP contribution < -0.4 is 5.73 Å². The zero-order valence-electron chi connectivity index (χ0n) is 7.91. The minimum Gasteiger partial charge on any atom is -0.384 e. The van der Waals surface area contributed by atoms with Crippen LogP contribution in [0.2, 0.25) is 0 Å². The zero-order chi connectivity index (χ0) is 10.2. The summed E-state index contributed by atoms with van der Waals surface area (Å²) in [5.74, 6) is -0.121. The van der Waals surface area contributed by atoms with Crippen molar-refractivity contribution >= 4 is 0 Å². The van der Waals surface area contributed by atoms with Gasteiger partial charge in [-0.05, 0) is 36.5 Å². The maximum Gasteiger partial charge on any atom is 0.123 e. The number of aliphatic hydroxyl groups is 1. The van der Waals surface area contributed by atoms with Crippen LogP contribution in [-0.2, 0) is 5.60 Å². The van der Waals surface area contributed by atoms with E-state index in [1.165, 1.54) is 12.1 Å². The van der Waals surface area contributed by atoms with E-state index in [1.54, 1.807) is 12.1 Å². The highest BCUT2D eigenvalue weighted by Gasteiger charge is 2.44. The molecule has 0 amide bonds. The summed E-state index contributed by atoms with van der Waals surface area (Å²) >= 11 is 0. The Bertz CT molecular complexity index is 338. The molecule has 3 N–H and O–H groups in total. The standard InChI is InChI=1S/C11H14FNO/c12-10-3-1-2-9(6-10)11(14,7-13)8-4-5-8/h1-3,6,8,14H,4-5,7,13H2. The molecule has 3 heteroatoms. The van der Waals surface area contributed by atoms with Crippen LogP contribution in [0.15, 0.2) is 24.3 Å². The van der Waals surface area contributed by atoms with Gasteiger partial charge in [0.25, 0.3) is 0 Å². The van der Waals surface area contributed by atoms with Crippen molar-refractivity contribution in [3.8, 4) is 0 Å². The molecule has 0 bridgehead atoms. The minimum absolute atomic E-state index is 0.154. The lowest BCUT2D eigenvalue weighted by Gasteiger charge is -2.27. The molecule has 1 aromatic rings. The van der Waals surface area contributed by atoms with Crippen molar-refractivity contribution in [2.75, 3.05) is 6.54 Å². The van der Waals surface area contributed by atoms with Crippen molar-refractivity contribution < 1.29 is 9.50 Å². The maximum atomic E-state index is 13.0. The number of nitrogens with two attached hydrogens (primary N) is 1. The van der Waals surface area contributed by atoms with E-state index in [-0.39, 0.29) is 18.3 Å². The second kappa shape index (κ2) is 3.33. The normalized spacial score (nSPS) is 20.5. The molecule has 1 aliphatic rings. The monoisotopic (exact) mass is 195 g/mol. The molecular formula is C11H14FNO. The molecule has 2 rings (SSSR count). The minimum atomic E-state index is -1.03. The van der Waals surface area contributed by atoms with Crippen LogP contribution >= 0.6 is 0 Å². The largest absolute Gasteiger partial charge is 0.384 e. The van der Waals surface area contributed by atoms with Crippen LogP contribution in [0.3, 0.4) is 0 Å². The molecule has 2 nitrogen and oxygen atoms in total. The van der Waals surface area contributed by atoms with Gasteiger partial charge < -0.3 is 10.8 Å². The van der Waals surface area contributed by atoms with Gasteiger partial charge >= 0.3 is 0 Å². The number of hydrogen-bond donors (Lipinski definition) is 2. The molecule has 0 aromatic heterocycles. The highest BCUT2D eigenvalue weighted by atomic mass is 19.1. The molecule has 1 aliphatic carbocycles. The molecule has 0 aliphatic heterocycles. The summed E-state index contributed by atoms with van der Waals surface area (Å²) in [7, 11) is 0. The Kier molecular flexibility index (Phi) is 2.29. The predicted molar refractivity (Wildman–Crippen MR) is 52.1 cm³/mol. The fraction of sp³-hybridized carbons (Fsp3) is 0.455. The van der Waals surface area contributed by atoms with E-state index in [4.69, 9.17) is 5.73 Å². The first-order valence-electron chi connectivity index (χ1n) is 4.85. The van der Waals surface area contributed by atoms with Crippen LogP contribution in [0.5, 0.6) is 0 Å². The SMILES string of the molecule is NCC(O)(c1cccc(F)c1)C1CC1. The van der Waals surface area contributed by atoms with E-state index in [2.05, 4.69) is 0 Å². The van der Waals surface area contributed by atoms with E-state index in [1.807, 2.05) is 0 Å². The summed E-state index contributed by atoms with van der Waals surface area (Å²) in [6.07, 6.45) is 1.95. The lowest BCUT2D eigenvalue weighted by Crippen LogP contribution is -2.37. The average Bonchev–Trinajstić information content (AvgIpc) is 3.00. The summed E-state index contributed by atoms with van der Waals surface area (Å²) in [6, 6.07) is 6.07. The summed E-state index contributed by atoms with van der Waals surface area (Å²) in [5.41, 5.74) is 5.13. The number of hydrogen-bond acceptors (Lipinski definition) is 2. The highest BCUT2D eigenvalue weighted by Crippen LogP contribution is 2.45. The average molecular weight is 195 g/mol. The van der Waals surface area contributed by atoms with Crippen LogP contribution in [0.25, 0.3) is 0 Å². The fourth-order valence-corrected chi connectivity index (χ4v) is 1.84. The second-order valence-corrected chi connectivity index (χ2v) is 3.91. The van der Waals surface area contributed by atoms with Crippen LogP contribution in [0.4, 0.5) is 4.39 Å². The molecule has 0 heterocycles. The van der Waals surface area contributed by atoms with Crippen molar-refractivity contribution in [1.29, 1.82) is 0 Å². The van der Waals surface area contributed by atoms with Crippen LogP contribution in [-0.4, -0.2) is 11.7 Å². The molecule has 1 aromatic carbocycles. The van der Waals surface area contributed by atoms with E-state index in [9.17, 15) is 9.50 Å². The van der Waals surface area contributed by atoms with Crippen LogP contribution in [0.1, 0.15) is 18.4 Å². The van der Waals surface area contributed by atoms with Gasteiger partial charge in [-0.25, -0.2) is 4.39 Å². The molecule has 1 saturated carbocycles. The summed E-state index contributed by atoms with van der Waals surface area (Å²) in [4.78, 5) is 0. The van der Waals surface area contributed by atoms with E-state index < -0.39 is 5.60 Å². The van der Waals surface area contributed by atoms with E-state index in [0.717, 1.165) is 12.8 Å². The Hall–Kier alpha value is -0.930. The summed E-state index contributed by atoms with van der Waals surface area (Å²) in [6.45, 7) is 0.154. The second-order valence-electron chi connectivity index (χ2n) is 3.91. The first kappa shape index (κ1) is 9.62. The lowest BCUT2D eigenvalue weighted by atomic mass is 9.89. The third-order valence-corrected chi connectivity index (χ3v) is 2.89. The Morgan fingerprint density at radius 2 is 2.21 bits per heavy atom. The summed E-state index contributed by atoms with van der Waals surface area (Å²) < 4.78 is 13.0. The van der Waals surface area contributed by atoms with E-state index >= 15 is 0 Å². The smallest absolute Gasteiger partial charge is 0.123 e. The topological polar surface area (TPSA) is 46.2 Å². The van der Waals surface area contributed by atoms with Gasteiger partial charge in [0.15, 0.2) is 0 Å². The van der Waals surface area contributed by atoms with Crippen molar-refractivity contribution in [2.45, 2.75) is 18.4 Å².